The van der Waals surface area contributed by atoms with Gasteiger partial charge in [-0.15, -0.1) is 0 Å². The summed E-state index contributed by atoms with van der Waals surface area (Å²) < 4.78 is 5.23. The average molecular weight is 533 g/mol. The Bertz CT molecular complexity index is 1340. The number of nitrogens with zero attached hydrogens (tertiary/aromatic N) is 3. The number of benzene rings is 3. The Balaban J connectivity index is 1.34. The van der Waals surface area contributed by atoms with Crippen LogP contribution in [0.15, 0.2) is 78.9 Å². The smallest absolute Gasteiger partial charge is 0.255 e. The van der Waals surface area contributed by atoms with Gasteiger partial charge >= 0.3 is 0 Å². The molecule has 0 radical (unpaired) electrons. The van der Waals surface area contributed by atoms with E-state index < -0.39 is 5.54 Å². The van der Waals surface area contributed by atoms with Gasteiger partial charge in [0.2, 0.25) is 5.91 Å². The van der Waals surface area contributed by atoms with Gasteiger partial charge in [-0.05, 0) is 49.2 Å². The number of anilines is 2. The van der Waals surface area contributed by atoms with Crippen LogP contribution >= 0.6 is 11.6 Å². The molecule has 196 valence electrons. The van der Waals surface area contributed by atoms with Gasteiger partial charge in [-0.25, -0.2) is 0 Å². The number of para-hydroxylation sites is 1. The normalized spacial score (nSPS) is 16.6. The van der Waals surface area contributed by atoms with E-state index in [1.54, 1.807) is 65.4 Å². The third-order valence-electron chi connectivity index (χ3n) is 7.25. The highest BCUT2D eigenvalue weighted by atomic mass is 35.5. The van der Waals surface area contributed by atoms with Gasteiger partial charge in [-0.3, -0.25) is 14.4 Å². The molecule has 8 nitrogen and oxygen atoms in total. The summed E-state index contributed by atoms with van der Waals surface area (Å²) in [5.41, 5.74) is 1.12. The van der Waals surface area contributed by atoms with Gasteiger partial charge in [-0.2, -0.15) is 0 Å². The first kappa shape index (κ1) is 25.6. The van der Waals surface area contributed by atoms with E-state index in [0.717, 1.165) is 5.69 Å². The van der Waals surface area contributed by atoms with Crippen molar-refractivity contribution in [1.82, 2.24) is 9.80 Å². The molecule has 0 unspecified atom stereocenters. The maximum atomic E-state index is 13.9. The zero-order chi connectivity index (χ0) is 26.7. The van der Waals surface area contributed by atoms with Crippen LogP contribution in [0.4, 0.5) is 11.4 Å². The molecule has 3 aromatic carbocycles. The first-order valence-electron chi connectivity index (χ1n) is 12.5. The Kier molecular flexibility index (Phi) is 7.24. The lowest BCUT2D eigenvalue weighted by Gasteiger charge is -2.43. The predicted molar refractivity (Wildman–Crippen MR) is 146 cm³/mol. The van der Waals surface area contributed by atoms with Crippen LogP contribution in [0.1, 0.15) is 23.2 Å². The second-order valence-corrected chi connectivity index (χ2v) is 9.90. The molecule has 9 heteroatoms. The molecule has 2 aliphatic heterocycles. The highest BCUT2D eigenvalue weighted by Gasteiger charge is 2.54. The van der Waals surface area contributed by atoms with Crippen molar-refractivity contribution in [2.24, 2.45) is 0 Å². The van der Waals surface area contributed by atoms with Crippen molar-refractivity contribution in [3.8, 4) is 5.75 Å². The van der Waals surface area contributed by atoms with E-state index in [-0.39, 0.29) is 30.9 Å². The number of piperidine rings is 1. The Morgan fingerprint density at radius 2 is 1.68 bits per heavy atom. The molecule has 2 heterocycles. The second-order valence-electron chi connectivity index (χ2n) is 9.49. The number of nitrogens with one attached hydrogen (secondary N) is 1. The standard InChI is InChI=1S/C29H29ClN4O4/c1-38-23-11-7-8-21(18-23)31-26(35)19-33-20-34(22-9-3-2-4-10-22)29(28(33)37)14-16-32(17-15-29)27(36)24-12-5-6-13-25(24)30/h2-13,18H,14-17,19-20H2,1H3,(H,31,35). The molecule has 3 aromatic rings. The van der Waals surface area contributed by atoms with Gasteiger partial charge in [0.15, 0.2) is 0 Å². The molecule has 0 aliphatic carbocycles. The minimum absolute atomic E-state index is 0.0800. The fourth-order valence-electron chi connectivity index (χ4n) is 5.28. The summed E-state index contributed by atoms with van der Waals surface area (Å²) in [5, 5.41) is 3.27. The zero-order valence-corrected chi connectivity index (χ0v) is 21.9. The Labute approximate surface area is 226 Å². The topological polar surface area (TPSA) is 82.2 Å². The quantitative estimate of drug-likeness (QED) is 0.513. The van der Waals surface area contributed by atoms with Crippen LogP contribution in [0.25, 0.3) is 0 Å². The molecule has 2 fully saturated rings. The largest absolute Gasteiger partial charge is 0.497 e. The Morgan fingerprint density at radius 3 is 2.39 bits per heavy atom. The van der Waals surface area contributed by atoms with Crippen LogP contribution in [0.5, 0.6) is 5.75 Å². The fourth-order valence-corrected chi connectivity index (χ4v) is 5.50. The molecule has 2 aliphatic rings. The highest BCUT2D eigenvalue weighted by Crippen LogP contribution is 2.40. The van der Waals surface area contributed by atoms with Gasteiger partial charge < -0.3 is 24.8 Å². The number of ether oxygens (including phenoxy) is 1. The number of methoxy groups -OCH3 is 1. The van der Waals surface area contributed by atoms with Crippen molar-refractivity contribution in [2.75, 3.05) is 43.6 Å². The summed E-state index contributed by atoms with van der Waals surface area (Å²) >= 11 is 6.27. The minimum atomic E-state index is -0.838. The molecule has 3 amide bonds. The Morgan fingerprint density at radius 1 is 0.974 bits per heavy atom. The van der Waals surface area contributed by atoms with E-state index in [4.69, 9.17) is 16.3 Å². The lowest BCUT2D eigenvalue weighted by molar-refractivity contribution is -0.136. The summed E-state index contributed by atoms with van der Waals surface area (Å²) in [5.74, 6) is 0.0963. The number of likely N-dealkylation sites (tertiary alicyclic amines) is 1. The first-order chi connectivity index (χ1) is 18.4. The molecular formula is C29H29ClN4O4. The van der Waals surface area contributed by atoms with Gasteiger partial charge in [0.05, 0.1) is 24.4 Å². The molecular weight excluding hydrogens is 504 g/mol. The van der Waals surface area contributed by atoms with Crippen molar-refractivity contribution in [3.63, 3.8) is 0 Å². The summed E-state index contributed by atoms with van der Waals surface area (Å²) in [7, 11) is 1.56. The van der Waals surface area contributed by atoms with Gasteiger partial charge in [0.1, 0.15) is 17.8 Å². The zero-order valence-electron chi connectivity index (χ0n) is 21.1. The summed E-state index contributed by atoms with van der Waals surface area (Å²) in [4.78, 5) is 45.4. The fraction of sp³-hybridized carbons (Fsp3) is 0.276. The van der Waals surface area contributed by atoms with Crippen LogP contribution in [0.3, 0.4) is 0 Å². The molecule has 1 spiro atoms. The third kappa shape index (κ3) is 4.91. The van der Waals surface area contributed by atoms with Crippen molar-refractivity contribution in [1.29, 1.82) is 0 Å². The molecule has 38 heavy (non-hydrogen) atoms. The van der Waals surface area contributed by atoms with Crippen molar-refractivity contribution in [2.45, 2.75) is 18.4 Å². The van der Waals surface area contributed by atoms with Gasteiger partial charge in [-0.1, -0.05) is 48.0 Å². The van der Waals surface area contributed by atoms with Crippen molar-refractivity contribution < 1.29 is 19.1 Å². The van der Waals surface area contributed by atoms with E-state index in [0.29, 0.717) is 48.0 Å². The molecule has 0 aromatic heterocycles. The van der Waals surface area contributed by atoms with Crippen molar-refractivity contribution >= 4 is 40.7 Å². The number of halogens is 1. The number of carbonyl (C=O) groups is 3. The monoisotopic (exact) mass is 532 g/mol. The minimum Gasteiger partial charge on any atom is -0.497 e. The van der Waals surface area contributed by atoms with E-state index in [1.807, 2.05) is 30.3 Å². The number of rotatable bonds is 6. The average Bonchev–Trinajstić information content (AvgIpc) is 3.20. The predicted octanol–water partition coefficient (Wildman–Crippen LogP) is 4.27. The van der Waals surface area contributed by atoms with E-state index in [2.05, 4.69) is 10.2 Å². The molecule has 1 N–H and O–H groups in total. The summed E-state index contributed by atoms with van der Waals surface area (Å²) in [6.45, 7) is 1.02. The molecule has 0 bridgehead atoms. The van der Waals surface area contributed by atoms with E-state index >= 15 is 0 Å². The number of hydrogen-bond acceptors (Lipinski definition) is 5. The van der Waals surface area contributed by atoms with Gasteiger partial charge in [0.25, 0.3) is 11.8 Å². The number of hydrogen-bond donors (Lipinski definition) is 1. The lowest BCUT2D eigenvalue weighted by atomic mass is 9.85. The maximum Gasteiger partial charge on any atom is 0.255 e. The number of amides is 3. The van der Waals surface area contributed by atoms with E-state index in [9.17, 15) is 14.4 Å². The highest BCUT2D eigenvalue weighted by molar-refractivity contribution is 6.33. The number of carbonyl (C=O) groups excluding carboxylic acids is 3. The lowest BCUT2D eigenvalue weighted by Crippen LogP contribution is -2.57. The molecule has 2 saturated heterocycles. The van der Waals surface area contributed by atoms with Crippen molar-refractivity contribution in [3.05, 3.63) is 89.4 Å². The van der Waals surface area contributed by atoms with E-state index in [1.165, 1.54) is 0 Å². The van der Waals surface area contributed by atoms with Crippen LogP contribution in [0, 0.1) is 0 Å². The second kappa shape index (κ2) is 10.8. The van der Waals surface area contributed by atoms with Crippen LogP contribution in [-0.2, 0) is 9.59 Å². The molecule has 0 saturated carbocycles. The molecule has 5 rings (SSSR count). The van der Waals surface area contributed by atoms with Gasteiger partial charge in [0, 0.05) is 30.5 Å². The Hall–Kier alpha value is -4.04. The maximum absolute atomic E-state index is 13.9. The molecule has 0 atom stereocenters. The first-order valence-corrected chi connectivity index (χ1v) is 12.9. The van der Waals surface area contributed by atoms with Crippen LogP contribution in [-0.4, -0.2) is 66.5 Å². The summed E-state index contributed by atoms with van der Waals surface area (Å²) in [6.07, 6.45) is 0.899. The van der Waals surface area contributed by atoms with Crippen LogP contribution in [0.2, 0.25) is 5.02 Å². The third-order valence-corrected chi connectivity index (χ3v) is 7.58. The van der Waals surface area contributed by atoms with Crippen LogP contribution < -0.4 is 15.0 Å². The SMILES string of the molecule is COc1cccc(NC(=O)CN2CN(c3ccccc3)C3(CCN(C(=O)c4ccccc4Cl)CC3)C2=O)c1. The summed E-state index contributed by atoms with van der Waals surface area (Å²) in [6, 6.07) is 23.8.